The highest BCUT2D eigenvalue weighted by Crippen LogP contribution is 2.24. The van der Waals surface area contributed by atoms with E-state index >= 15 is 0 Å². The van der Waals surface area contributed by atoms with E-state index in [2.05, 4.69) is 20.7 Å². The van der Waals surface area contributed by atoms with E-state index in [4.69, 9.17) is 4.74 Å². The van der Waals surface area contributed by atoms with Crippen molar-refractivity contribution < 1.29 is 19.1 Å². The maximum atomic E-state index is 12.7. The Bertz CT molecular complexity index is 904. The van der Waals surface area contributed by atoms with Crippen LogP contribution in [0.4, 0.5) is 4.79 Å². The van der Waals surface area contributed by atoms with Crippen molar-refractivity contribution in [1.29, 1.82) is 0 Å². The first kappa shape index (κ1) is 22.3. The lowest BCUT2D eigenvalue weighted by Crippen LogP contribution is -2.44. The van der Waals surface area contributed by atoms with Crippen LogP contribution in [0, 0.1) is 0 Å². The smallest absolute Gasteiger partial charge is 0.339 e. The van der Waals surface area contributed by atoms with Gasteiger partial charge in [-0.25, -0.2) is 19.3 Å². The Labute approximate surface area is 170 Å². The van der Waals surface area contributed by atoms with Gasteiger partial charge in [-0.3, -0.25) is 10.1 Å². The predicted molar refractivity (Wildman–Crippen MR) is 109 cm³/mol. The number of nitrogens with one attached hydrogen (secondary N) is 2. The topological polar surface area (TPSA) is 115 Å². The summed E-state index contributed by atoms with van der Waals surface area (Å²) in [5.41, 5.74) is 1.61. The summed E-state index contributed by atoms with van der Waals surface area (Å²) >= 11 is 0. The number of hydrogen-bond donors (Lipinski definition) is 2. The van der Waals surface area contributed by atoms with Crippen LogP contribution in [0.2, 0.25) is 0 Å². The van der Waals surface area contributed by atoms with E-state index in [9.17, 15) is 14.4 Å². The highest BCUT2D eigenvalue weighted by Gasteiger charge is 2.21. The fraction of sp³-hybridized carbons (Fsp3) is 0.550. The molecule has 9 nitrogen and oxygen atoms in total. The Morgan fingerprint density at radius 2 is 1.86 bits per heavy atom. The molecule has 2 aromatic rings. The zero-order valence-corrected chi connectivity index (χ0v) is 17.8. The largest absolute Gasteiger partial charge is 0.452 e. The van der Waals surface area contributed by atoms with Crippen LogP contribution in [0.15, 0.2) is 12.3 Å². The number of aromatic nitrogens is 3. The van der Waals surface area contributed by atoms with Crippen molar-refractivity contribution in [3.8, 4) is 0 Å². The number of fused-ring (bicyclic) bond motifs is 1. The van der Waals surface area contributed by atoms with Crippen molar-refractivity contribution >= 4 is 28.9 Å². The monoisotopic (exact) mass is 403 g/mol. The highest BCUT2D eigenvalue weighted by atomic mass is 16.5. The summed E-state index contributed by atoms with van der Waals surface area (Å²) in [7, 11) is 0. The second-order valence-corrected chi connectivity index (χ2v) is 7.58. The van der Waals surface area contributed by atoms with Gasteiger partial charge in [0.05, 0.1) is 17.1 Å². The van der Waals surface area contributed by atoms with Crippen molar-refractivity contribution in [1.82, 2.24) is 25.4 Å². The van der Waals surface area contributed by atoms with Crippen molar-refractivity contribution in [3.63, 3.8) is 0 Å². The van der Waals surface area contributed by atoms with Crippen molar-refractivity contribution in [2.24, 2.45) is 0 Å². The lowest BCUT2D eigenvalue weighted by Gasteiger charge is -2.13. The minimum atomic E-state index is -0.702. The number of carbonyl (C=O) groups is 3. The van der Waals surface area contributed by atoms with E-state index in [-0.39, 0.29) is 18.0 Å². The number of carbonyl (C=O) groups excluding carboxylic acids is 3. The van der Waals surface area contributed by atoms with Crippen LogP contribution >= 0.6 is 0 Å². The van der Waals surface area contributed by atoms with Gasteiger partial charge in [-0.05, 0) is 39.2 Å². The van der Waals surface area contributed by atoms with Crippen molar-refractivity contribution in [3.05, 3.63) is 23.5 Å². The summed E-state index contributed by atoms with van der Waals surface area (Å²) in [6.07, 6.45) is 2.31. The highest BCUT2D eigenvalue weighted by molar-refractivity contribution is 6.04. The molecule has 0 radical (unpaired) electrons. The van der Waals surface area contributed by atoms with Gasteiger partial charge in [0.1, 0.15) is 0 Å². The fourth-order valence-corrected chi connectivity index (χ4v) is 2.61. The molecule has 0 spiro atoms. The summed E-state index contributed by atoms with van der Waals surface area (Å²) in [5.74, 6) is -1.28. The summed E-state index contributed by atoms with van der Waals surface area (Å²) in [6, 6.07) is 1.05. The van der Waals surface area contributed by atoms with Crippen LogP contribution < -0.4 is 10.6 Å². The number of urea groups is 1. The van der Waals surface area contributed by atoms with Gasteiger partial charge >= 0.3 is 12.0 Å². The zero-order valence-electron chi connectivity index (χ0n) is 17.8. The van der Waals surface area contributed by atoms with Gasteiger partial charge in [0.2, 0.25) is 0 Å². The average molecular weight is 403 g/mol. The maximum Gasteiger partial charge on any atom is 0.339 e. The Morgan fingerprint density at radius 3 is 2.45 bits per heavy atom. The Kier molecular flexibility index (Phi) is 7.30. The van der Waals surface area contributed by atoms with E-state index in [0.717, 1.165) is 12.1 Å². The molecule has 9 heteroatoms. The summed E-state index contributed by atoms with van der Waals surface area (Å²) in [4.78, 5) is 40.9. The molecule has 0 fully saturated rings. The molecular formula is C20H29N5O4. The molecule has 0 unspecified atom stereocenters. The second-order valence-electron chi connectivity index (χ2n) is 7.58. The number of pyridine rings is 1. The fourth-order valence-electron chi connectivity index (χ4n) is 2.61. The summed E-state index contributed by atoms with van der Waals surface area (Å²) in [6.45, 7) is 11.1. The first-order valence-electron chi connectivity index (χ1n) is 9.79. The lowest BCUT2D eigenvalue weighted by atomic mass is 10.1. The van der Waals surface area contributed by atoms with E-state index in [1.807, 2.05) is 41.5 Å². The molecule has 2 rings (SSSR count). The Hall–Kier alpha value is -2.97. The third kappa shape index (κ3) is 5.52. The van der Waals surface area contributed by atoms with Gasteiger partial charge < -0.3 is 10.1 Å². The number of amides is 3. The molecule has 0 aliphatic carbocycles. The van der Waals surface area contributed by atoms with Crippen LogP contribution in [0.1, 0.15) is 76.0 Å². The predicted octanol–water partition coefficient (Wildman–Crippen LogP) is 2.92. The van der Waals surface area contributed by atoms with Crippen molar-refractivity contribution in [2.45, 2.75) is 66.0 Å². The number of rotatable bonds is 7. The van der Waals surface area contributed by atoms with Gasteiger partial charge in [-0.15, -0.1) is 0 Å². The van der Waals surface area contributed by atoms with E-state index in [1.54, 1.807) is 16.9 Å². The zero-order chi connectivity index (χ0) is 21.7. The summed E-state index contributed by atoms with van der Waals surface area (Å²) < 4.78 is 6.88. The standard InChI is InChI=1S/C20H29N5O4/c1-7-13(6)22-20(28)24-17(26)10-29-19(27)14-8-16(11(2)3)23-18-15(14)9-21-25(18)12(4)5/h8-9,11-13H,7,10H2,1-6H3,(H2,22,24,26,28)/t13-/m1/s1. The molecule has 29 heavy (non-hydrogen) atoms. The van der Waals surface area contributed by atoms with E-state index in [0.29, 0.717) is 16.6 Å². The Balaban J connectivity index is 2.16. The average Bonchev–Trinajstić information content (AvgIpc) is 3.09. The first-order chi connectivity index (χ1) is 13.6. The molecule has 158 valence electrons. The lowest BCUT2D eigenvalue weighted by molar-refractivity contribution is -0.123. The molecule has 0 saturated carbocycles. The van der Waals surface area contributed by atoms with E-state index < -0.39 is 24.5 Å². The van der Waals surface area contributed by atoms with Crippen LogP contribution in [-0.2, 0) is 9.53 Å². The molecule has 3 amide bonds. The van der Waals surface area contributed by atoms with Gasteiger partial charge in [-0.2, -0.15) is 5.10 Å². The molecule has 0 aliphatic rings. The normalized spacial score (nSPS) is 12.3. The first-order valence-corrected chi connectivity index (χ1v) is 9.79. The molecule has 1 atom stereocenters. The van der Waals surface area contributed by atoms with Crippen molar-refractivity contribution in [2.75, 3.05) is 6.61 Å². The minimum Gasteiger partial charge on any atom is -0.452 e. The Morgan fingerprint density at radius 1 is 1.17 bits per heavy atom. The number of ether oxygens (including phenoxy) is 1. The quantitative estimate of drug-likeness (QED) is 0.687. The van der Waals surface area contributed by atoms with Gasteiger partial charge in [-0.1, -0.05) is 20.8 Å². The molecule has 0 saturated heterocycles. The van der Waals surface area contributed by atoms with Gasteiger partial charge in [0.15, 0.2) is 12.3 Å². The van der Waals surface area contributed by atoms with Gasteiger partial charge in [0.25, 0.3) is 5.91 Å². The van der Waals surface area contributed by atoms with Gasteiger partial charge in [0, 0.05) is 17.8 Å². The van der Waals surface area contributed by atoms with Crippen LogP contribution in [0.3, 0.4) is 0 Å². The number of esters is 1. The second kappa shape index (κ2) is 9.49. The maximum absolute atomic E-state index is 12.7. The molecule has 2 heterocycles. The van der Waals surface area contributed by atoms with Crippen LogP contribution in [-0.4, -0.2) is 45.3 Å². The number of nitrogens with zero attached hydrogens (tertiary/aromatic N) is 3. The molecular weight excluding hydrogens is 374 g/mol. The summed E-state index contributed by atoms with van der Waals surface area (Å²) in [5, 5.41) is 9.63. The molecule has 0 aromatic carbocycles. The third-order valence-corrected chi connectivity index (χ3v) is 4.46. The number of hydrogen-bond acceptors (Lipinski definition) is 6. The molecule has 2 aromatic heterocycles. The number of imide groups is 1. The van der Waals surface area contributed by atoms with Crippen LogP contribution in [0.25, 0.3) is 11.0 Å². The molecule has 0 aliphatic heterocycles. The van der Waals surface area contributed by atoms with E-state index in [1.165, 1.54) is 0 Å². The third-order valence-electron chi connectivity index (χ3n) is 4.46. The molecule has 0 bridgehead atoms. The van der Waals surface area contributed by atoms with Crippen LogP contribution in [0.5, 0.6) is 0 Å². The SMILES string of the molecule is CC[C@@H](C)NC(=O)NC(=O)COC(=O)c1cc(C(C)C)nc2c1cnn2C(C)C. The molecule has 2 N–H and O–H groups in total. The minimum absolute atomic E-state index is 0.0672.